The van der Waals surface area contributed by atoms with Gasteiger partial charge in [0.15, 0.2) is 0 Å². The number of aromatic nitrogens is 1. The van der Waals surface area contributed by atoms with Gasteiger partial charge in [0.25, 0.3) is 0 Å². The number of amides is 3. The van der Waals surface area contributed by atoms with E-state index in [9.17, 15) is 14.4 Å². The van der Waals surface area contributed by atoms with E-state index in [0.29, 0.717) is 5.69 Å². The van der Waals surface area contributed by atoms with Crippen LogP contribution in [-0.2, 0) is 14.4 Å². The van der Waals surface area contributed by atoms with E-state index in [2.05, 4.69) is 15.6 Å². The molecule has 0 unspecified atom stereocenters. The van der Waals surface area contributed by atoms with E-state index in [0.717, 1.165) is 0 Å². The molecule has 7 nitrogen and oxygen atoms in total. The summed E-state index contributed by atoms with van der Waals surface area (Å²) in [5, 5.41) is 5.39. The highest BCUT2D eigenvalue weighted by atomic mass is 16.2. The highest BCUT2D eigenvalue weighted by molar-refractivity contribution is 5.98. The average molecular weight is 306 g/mol. The number of nitrogens with two attached hydrogens (primary N) is 1. The zero-order valence-electron chi connectivity index (χ0n) is 13.1. The molecule has 0 aliphatic carbocycles. The summed E-state index contributed by atoms with van der Waals surface area (Å²) in [5.41, 5.74) is 5.13. The summed E-state index contributed by atoms with van der Waals surface area (Å²) >= 11 is 0. The molecule has 0 aromatic carbocycles. The zero-order chi connectivity index (χ0) is 16.8. The minimum absolute atomic E-state index is 0.0373. The smallest absolute Gasteiger partial charge is 0.247 e. The average Bonchev–Trinajstić information content (AvgIpc) is 2.42. The van der Waals surface area contributed by atoms with Gasteiger partial charge in [0.1, 0.15) is 6.04 Å². The Morgan fingerprint density at radius 1 is 1.18 bits per heavy atom. The van der Waals surface area contributed by atoms with Gasteiger partial charge in [-0.2, -0.15) is 0 Å². The lowest BCUT2D eigenvalue weighted by Crippen LogP contribution is -2.51. The fourth-order valence-corrected chi connectivity index (χ4v) is 1.79. The molecule has 1 rings (SSSR count). The summed E-state index contributed by atoms with van der Waals surface area (Å²) in [7, 11) is 0. The van der Waals surface area contributed by atoms with E-state index >= 15 is 0 Å². The molecule has 1 atom stereocenters. The standard InChI is InChI=1S/C15H22N4O3/c1-15(2,3)13(19-12(21)5-4-11(16)20)14(22)18-10-6-8-17-9-7-10/h6-9,13H,4-5H2,1-3H3,(H2,16,20)(H,19,21)(H,17,18,22)/t13-/m1/s1. The van der Waals surface area contributed by atoms with Gasteiger partial charge in [-0.3, -0.25) is 19.4 Å². The van der Waals surface area contributed by atoms with Crippen LogP contribution >= 0.6 is 0 Å². The lowest BCUT2D eigenvalue weighted by molar-refractivity contribution is -0.129. The molecular formula is C15H22N4O3. The Morgan fingerprint density at radius 2 is 1.77 bits per heavy atom. The molecule has 1 aromatic rings. The van der Waals surface area contributed by atoms with Crippen molar-refractivity contribution in [3.8, 4) is 0 Å². The van der Waals surface area contributed by atoms with Crippen molar-refractivity contribution in [1.29, 1.82) is 0 Å². The molecule has 0 fully saturated rings. The summed E-state index contributed by atoms with van der Waals surface area (Å²) in [4.78, 5) is 38.8. The van der Waals surface area contributed by atoms with Crippen molar-refractivity contribution in [2.45, 2.75) is 39.7 Å². The number of hydrogen-bond acceptors (Lipinski definition) is 4. The maximum atomic E-state index is 12.4. The Balaban J connectivity index is 2.74. The van der Waals surface area contributed by atoms with Crippen LogP contribution in [0.1, 0.15) is 33.6 Å². The molecule has 0 aliphatic heterocycles. The number of anilines is 1. The summed E-state index contributed by atoms with van der Waals surface area (Å²) < 4.78 is 0. The number of hydrogen-bond donors (Lipinski definition) is 3. The van der Waals surface area contributed by atoms with Crippen LogP contribution in [0.15, 0.2) is 24.5 Å². The van der Waals surface area contributed by atoms with E-state index in [4.69, 9.17) is 5.73 Å². The molecule has 1 heterocycles. The van der Waals surface area contributed by atoms with Gasteiger partial charge >= 0.3 is 0 Å². The predicted molar refractivity (Wildman–Crippen MR) is 82.7 cm³/mol. The minimum atomic E-state index is -0.735. The number of primary amides is 1. The molecular weight excluding hydrogens is 284 g/mol. The summed E-state index contributed by atoms with van der Waals surface area (Å²) in [5.74, 6) is -1.27. The maximum absolute atomic E-state index is 12.4. The topological polar surface area (TPSA) is 114 Å². The highest BCUT2D eigenvalue weighted by Crippen LogP contribution is 2.21. The van der Waals surface area contributed by atoms with Crippen LogP contribution in [0.5, 0.6) is 0 Å². The fourth-order valence-electron chi connectivity index (χ4n) is 1.79. The Labute approximate surface area is 129 Å². The Hall–Kier alpha value is -2.44. The van der Waals surface area contributed by atoms with Crippen LogP contribution in [0, 0.1) is 5.41 Å². The largest absolute Gasteiger partial charge is 0.370 e. The van der Waals surface area contributed by atoms with Gasteiger partial charge in [-0.25, -0.2) is 0 Å². The van der Waals surface area contributed by atoms with E-state index in [-0.39, 0.29) is 24.7 Å². The molecule has 0 saturated heterocycles. The molecule has 7 heteroatoms. The third-order valence-electron chi connectivity index (χ3n) is 2.98. The Bertz CT molecular complexity index is 537. The van der Waals surface area contributed by atoms with E-state index in [1.165, 1.54) is 0 Å². The monoisotopic (exact) mass is 306 g/mol. The van der Waals surface area contributed by atoms with Crippen molar-refractivity contribution in [3.05, 3.63) is 24.5 Å². The second kappa shape index (κ2) is 7.53. The Morgan fingerprint density at radius 3 is 2.27 bits per heavy atom. The molecule has 0 saturated carbocycles. The molecule has 22 heavy (non-hydrogen) atoms. The molecule has 0 spiro atoms. The lowest BCUT2D eigenvalue weighted by atomic mass is 9.86. The molecule has 0 radical (unpaired) electrons. The molecule has 4 N–H and O–H groups in total. The van der Waals surface area contributed by atoms with Gasteiger partial charge in [-0.15, -0.1) is 0 Å². The highest BCUT2D eigenvalue weighted by Gasteiger charge is 2.32. The maximum Gasteiger partial charge on any atom is 0.247 e. The van der Waals surface area contributed by atoms with Crippen LogP contribution in [0.2, 0.25) is 0 Å². The zero-order valence-corrected chi connectivity index (χ0v) is 13.1. The number of carbonyl (C=O) groups is 3. The Kier molecular flexibility index (Phi) is 6.03. The first-order chi connectivity index (χ1) is 10.2. The van der Waals surface area contributed by atoms with Crippen LogP contribution in [0.3, 0.4) is 0 Å². The minimum Gasteiger partial charge on any atom is -0.370 e. The SMILES string of the molecule is CC(C)(C)[C@H](NC(=O)CCC(N)=O)C(=O)Nc1ccncc1. The lowest BCUT2D eigenvalue weighted by Gasteiger charge is -2.30. The fraction of sp³-hybridized carbons (Fsp3) is 0.467. The van der Waals surface area contributed by atoms with Gasteiger partial charge in [0, 0.05) is 30.9 Å². The van der Waals surface area contributed by atoms with Crippen LogP contribution < -0.4 is 16.4 Å². The van der Waals surface area contributed by atoms with Gasteiger partial charge in [-0.05, 0) is 17.5 Å². The van der Waals surface area contributed by atoms with Gasteiger partial charge < -0.3 is 16.4 Å². The third kappa shape index (κ3) is 5.90. The first kappa shape index (κ1) is 17.6. The number of nitrogens with one attached hydrogen (secondary N) is 2. The first-order valence-corrected chi connectivity index (χ1v) is 6.98. The van der Waals surface area contributed by atoms with Gasteiger partial charge in [0.05, 0.1) is 0 Å². The summed E-state index contributed by atoms with van der Waals surface area (Å²) in [6, 6.07) is 2.58. The summed E-state index contributed by atoms with van der Waals surface area (Å²) in [6.45, 7) is 5.54. The number of pyridine rings is 1. The van der Waals surface area contributed by atoms with Crippen molar-refractivity contribution in [3.63, 3.8) is 0 Å². The van der Waals surface area contributed by atoms with Gasteiger partial charge in [0.2, 0.25) is 17.7 Å². The second-order valence-corrected chi connectivity index (χ2v) is 6.06. The van der Waals surface area contributed by atoms with E-state index < -0.39 is 17.4 Å². The predicted octanol–water partition coefficient (Wildman–Crippen LogP) is 0.817. The quantitative estimate of drug-likeness (QED) is 0.721. The van der Waals surface area contributed by atoms with Crippen molar-refractivity contribution in [1.82, 2.24) is 10.3 Å². The van der Waals surface area contributed by atoms with E-state index in [1.54, 1.807) is 24.5 Å². The van der Waals surface area contributed by atoms with Crippen LogP contribution in [-0.4, -0.2) is 28.7 Å². The molecule has 120 valence electrons. The molecule has 3 amide bonds. The number of carbonyl (C=O) groups excluding carboxylic acids is 3. The number of nitrogens with zero attached hydrogens (tertiary/aromatic N) is 1. The van der Waals surface area contributed by atoms with Crippen LogP contribution in [0.4, 0.5) is 5.69 Å². The second-order valence-electron chi connectivity index (χ2n) is 6.06. The van der Waals surface area contributed by atoms with Crippen molar-refractivity contribution in [2.75, 3.05) is 5.32 Å². The van der Waals surface area contributed by atoms with Crippen molar-refractivity contribution in [2.24, 2.45) is 11.1 Å². The summed E-state index contributed by atoms with van der Waals surface area (Å²) in [6.07, 6.45) is 3.04. The van der Waals surface area contributed by atoms with Crippen LogP contribution in [0.25, 0.3) is 0 Å². The van der Waals surface area contributed by atoms with Gasteiger partial charge in [-0.1, -0.05) is 20.8 Å². The molecule has 0 aliphatic rings. The molecule has 0 bridgehead atoms. The third-order valence-corrected chi connectivity index (χ3v) is 2.98. The molecule has 1 aromatic heterocycles. The first-order valence-electron chi connectivity index (χ1n) is 6.98. The normalized spacial score (nSPS) is 12.3. The number of rotatable bonds is 6. The van der Waals surface area contributed by atoms with E-state index in [1.807, 2.05) is 20.8 Å². The van der Waals surface area contributed by atoms with Crippen molar-refractivity contribution < 1.29 is 14.4 Å². The van der Waals surface area contributed by atoms with Crippen molar-refractivity contribution >= 4 is 23.4 Å².